The first kappa shape index (κ1) is 27.5. The zero-order valence-corrected chi connectivity index (χ0v) is 26.6. The van der Waals surface area contributed by atoms with E-state index in [1.165, 1.54) is 54.1 Å². The monoisotopic (exact) mass is 623 g/mol. The predicted octanol–water partition coefficient (Wildman–Crippen LogP) is 12.0. The number of hydrogen-bond donors (Lipinski definition) is 0. The molecule has 10 aromatic rings. The van der Waals surface area contributed by atoms with E-state index in [-0.39, 0.29) is 0 Å². The molecular formula is C46H29N3. The van der Waals surface area contributed by atoms with Gasteiger partial charge in [-0.1, -0.05) is 133 Å². The highest BCUT2D eigenvalue weighted by Crippen LogP contribution is 2.41. The fourth-order valence-electron chi connectivity index (χ4n) is 7.51. The van der Waals surface area contributed by atoms with Gasteiger partial charge in [0.15, 0.2) is 5.82 Å². The molecule has 0 radical (unpaired) electrons. The standard InChI is InChI=1S/C46H29N3/c1-2-14-33(15-3-1)40-29-41(39-20-10-16-30-11-4-7-17-36(30)39)48-46(47-40)34-21-25-35(26-22-34)49-42-27-23-31-12-5-8-18-37(31)44(42)45-38-19-9-6-13-32(38)24-28-43(45)49/h1-29H. The van der Waals surface area contributed by atoms with Crippen molar-refractivity contribution < 1.29 is 0 Å². The van der Waals surface area contributed by atoms with Crippen molar-refractivity contribution in [2.75, 3.05) is 0 Å². The molecule has 0 aliphatic carbocycles. The van der Waals surface area contributed by atoms with Gasteiger partial charge in [-0.3, -0.25) is 0 Å². The molecule has 49 heavy (non-hydrogen) atoms. The minimum Gasteiger partial charge on any atom is -0.309 e. The highest BCUT2D eigenvalue weighted by Gasteiger charge is 2.18. The lowest BCUT2D eigenvalue weighted by atomic mass is 10.00. The third kappa shape index (κ3) is 4.44. The molecule has 10 rings (SSSR count). The molecule has 0 unspecified atom stereocenters. The van der Waals surface area contributed by atoms with Crippen LogP contribution in [-0.4, -0.2) is 14.5 Å². The van der Waals surface area contributed by atoms with Crippen LogP contribution in [0.5, 0.6) is 0 Å². The van der Waals surface area contributed by atoms with Crippen LogP contribution in [0.2, 0.25) is 0 Å². The minimum atomic E-state index is 0.704. The Morgan fingerprint density at radius 3 is 1.55 bits per heavy atom. The first-order chi connectivity index (χ1) is 24.3. The van der Waals surface area contributed by atoms with Crippen molar-refractivity contribution in [3.8, 4) is 39.6 Å². The van der Waals surface area contributed by atoms with Gasteiger partial charge < -0.3 is 4.57 Å². The molecule has 0 amide bonds. The molecule has 0 saturated heterocycles. The molecular weight excluding hydrogens is 595 g/mol. The lowest BCUT2D eigenvalue weighted by molar-refractivity contribution is 1.16. The fraction of sp³-hybridized carbons (Fsp3) is 0. The Labute approximate surface area is 283 Å². The maximum Gasteiger partial charge on any atom is 0.160 e. The highest BCUT2D eigenvalue weighted by molar-refractivity contribution is 6.28. The molecule has 0 spiro atoms. The van der Waals surface area contributed by atoms with E-state index in [4.69, 9.17) is 9.97 Å². The summed E-state index contributed by atoms with van der Waals surface area (Å²) in [6.07, 6.45) is 0. The highest BCUT2D eigenvalue weighted by atomic mass is 15.0. The van der Waals surface area contributed by atoms with Gasteiger partial charge in [0.05, 0.1) is 22.4 Å². The van der Waals surface area contributed by atoms with Gasteiger partial charge in [-0.2, -0.15) is 0 Å². The van der Waals surface area contributed by atoms with Gasteiger partial charge in [-0.05, 0) is 74.8 Å². The fourth-order valence-corrected chi connectivity index (χ4v) is 7.51. The first-order valence-corrected chi connectivity index (χ1v) is 16.7. The molecule has 8 aromatic carbocycles. The molecule has 2 heterocycles. The van der Waals surface area contributed by atoms with Crippen molar-refractivity contribution in [1.82, 2.24) is 14.5 Å². The maximum absolute atomic E-state index is 5.19. The lowest BCUT2D eigenvalue weighted by Crippen LogP contribution is -1.97. The summed E-state index contributed by atoms with van der Waals surface area (Å²) >= 11 is 0. The van der Waals surface area contributed by atoms with Crippen LogP contribution in [0.4, 0.5) is 0 Å². The van der Waals surface area contributed by atoms with Crippen molar-refractivity contribution in [3.63, 3.8) is 0 Å². The largest absolute Gasteiger partial charge is 0.309 e. The van der Waals surface area contributed by atoms with E-state index in [0.717, 1.165) is 33.8 Å². The van der Waals surface area contributed by atoms with Gasteiger partial charge in [0.2, 0.25) is 0 Å². The second-order valence-corrected chi connectivity index (χ2v) is 12.6. The number of rotatable bonds is 4. The summed E-state index contributed by atoms with van der Waals surface area (Å²) in [5, 5.41) is 9.96. The van der Waals surface area contributed by atoms with E-state index in [9.17, 15) is 0 Å². The Morgan fingerprint density at radius 1 is 0.367 bits per heavy atom. The molecule has 0 atom stereocenters. The SMILES string of the molecule is c1ccc(-c2cc(-c3cccc4ccccc34)nc(-c3ccc(-n4c5ccc6ccccc6c5c5c6ccccc6ccc54)cc3)n2)cc1. The second-order valence-electron chi connectivity index (χ2n) is 12.6. The Hall–Kier alpha value is -6.58. The summed E-state index contributed by atoms with van der Waals surface area (Å²) in [6.45, 7) is 0. The summed E-state index contributed by atoms with van der Waals surface area (Å²) in [7, 11) is 0. The third-order valence-corrected chi connectivity index (χ3v) is 9.79. The Kier molecular flexibility index (Phi) is 6.18. The molecule has 0 N–H and O–H groups in total. The number of aromatic nitrogens is 3. The molecule has 0 saturated carbocycles. The van der Waals surface area contributed by atoms with Gasteiger partial charge in [0.25, 0.3) is 0 Å². The third-order valence-electron chi connectivity index (χ3n) is 9.79. The van der Waals surface area contributed by atoms with Crippen molar-refractivity contribution in [3.05, 3.63) is 176 Å². The van der Waals surface area contributed by atoms with Gasteiger partial charge in [-0.15, -0.1) is 0 Å². The number of hydrogen-bond acceptors (Lipinski definition) is 2. The number of fused-ring (bicyclic) bond motifs is 8. The minimum absolute atomic E-state index is 0.704. The summed E-state index contributed by atoms with van der Waals surface area (Å²) in [5.41, 5.74) is 8.43. The van der Waals surface area contributed by atoms with E-state index in [1.807, 2.05) is 6.07 Å². The molecule has 0 fully saturated rings. The summed E-state index contributed by atoms with van der Waals surface area (Å²) < 4.78 is 2.40. The smallest absolute Gasteiger partial charge is 0.160 e. The molecule has 2 aromatic heterocycles. The number of benzene rings is 8. The zero-order chi connectivity index (χ0) is 32.3. The van der Waals surface area contributed by atoms with Gasteiger partial charge in [0.1, 0.15) is 0 Å². The van der Waals surface area contributed by atoms with Crippen LogP contribution in [0, 0.1) is 0 Å². The topological polar surface area (TPSA) is 30.7 Å². The average molecular weight is 624 g/mol. The van der Waals surface area contributed by atoms with Crippen molar-refractivity contribution in [1.29, 1.82) is 0 Å². The van der Waals surface area contributed by atoms with Gasteiger partial charge >= 0.3 is 0 Å². The Bertz CT molecular complexity index is 2770. The Balaban J connectivity index is 1.17. The van der Waals surface area contributed by atoms with Crippen molar-refractivity contribution in [2.24, 2.45) is 0 Å². The van der Waals surface area contributed by atoms with Crippen LogP contribution in [0.1, 0.15) is 0 Å². The zero-order valence-electron chi connectivity index (χ0n) is 26.6. The lowest BCUT2D eigenvalue weighted by Gasteiger charge is -2.12. The van der Waals surface area contributed by atoms with Gasteiger partial charge in [-0.25, -0.2) is 9.97 Å². The second kappa shape index (κ2) is 11.0. The molecule has 3 nitrogen and oxygen atoms in total. The van der Waals surface area contributed by atoms with Crippen molar-refractivity contribution in [2.45, 2.75) is 0 Å². The summed E-state index contributed by atoms with van der Waals surface area (Å²) in [5.74, 6) is 0.704. The van der Waals surface area contributed by atoms with Crippen molar-refractivity contribution >= 4 is 54.1 Å². The molecule has 0 aliphatic heterocycles. The van der Waals surface area contributed by atoms with Gasteiger partial charge in [0, 0.05) is 33.2 Å². The first-order valence-electron chi connectivity index (χ1n) is 16.7. The van der Waals surface area contributed by atoms with E-state index < -0.39 is 0 Å². The summed E-state index contributed by atoms with van der Waals surface area (Å²) in [4.78, 5) is 10.3. The van der Waals surface area contributed by atoms with Crippen LogP contribution in [0.25, 0.3) is 93.7 Å². The summed E-state index contributed by atoms with van der Waals surface area (Å²) in [6, 6.07) is 62.5. The maximum atomic E-state index is 5.19. The van der Waals surface area contributed by atoms with Crippen LogP contribution in [0.15, 0.2) is 176 Å². The molecule has 0 bridgehead atoms. The van der Waals surface area contributed by atoms with E-state index in [0.29, 0.717) is 5.82 Å². The normalized spacial score (nSPS) is 11.7. The number of nitrogens with zero attached hydrogens (tertiary/aromatic N) is 3. The van der Waals surface area contributed by atoms with Crippen LogP contribution < -0.4 is 0 Å². The van der Waals surface area contributed by atoms with Crippen LogP contribution in [0.3, 0.4) is 0 Å². The molecule has 0 aliphatic rings. The average Bonchev–Trinajstić information content (AvgIpc) is 3.53. The van der Waals surface area contributed by atoms with Crippen LogP contribution in [-0.2, 0) is 0 Å². The van der Waals surface area contributed by atoms with E-state index >= 15 is 0 Å². The predicted molar refractivity (Wildman–Crippen MR) is 205 cm³/mol. The molecule has 228 valence electrons. The van der Waals surface area contributed by atoms with E-state index in [2.05, 4.69) is 174 Å². The van der Waals surface area contributed by atoms with Crippen LogP contribution >= 0.6 is 0 Å². The molecule has 3 heteroatoms. The van der Waals surface area contributed by atoms with E-state index in [1.54, 1.807) is 0 Å². The Morgan fingerprint density at radius 2 is 0.898 bits per heavy atom. The quantitative estimate of drug-likeness (QED) is 0.195.